The van der Waals surface area contributed by atoms with Crippen LogP contribution in [0.3, 0.4) is 0 Å². The summed E-state index contributed by atoms with van der Waals surface area (Å²) in [5.41, 5.74) is 3.32. The molecule has 5 heteroatoms. The molecule has 2 amide bonds. The number of anilines is 1. The minimum atomic E-state index is -0.120. The van der Waals surface area contributed by atoms with Crippen molar-refractivity contribution < 1.29 is 9.90 Å². The van der Waals surface area contributed by atoms with Crippen LogP contribution in [0.2, 0.25) is 0 Å². The molecule has 1 aromatic carbocycles. The first-order valence-electron chi connectivity index (χ1n) is 9.70. The van der Waals surface area contributed by atoms with Crippen LogP contribution in [0.5, 0.6) is 0 Å². The number of aryl methyl sites for hydroxylation is 2. The minimum absolute atomic E-state index is 0.120. The third kappa shape index (κ3) is 5.72. The van der Waals surface area contributed by atoms with Gasteiger partial charge in [0.05, 0.1) is 6.61 Å². The zero-order chi connectivity index (χ0) is 18.1. The molecule has 25 heavy (non-hydrogen) atoms. The second-order valence-electron chi connectivity index (χ2n) is 6.76. The summed E-state index contributed by atoms with van der Waals surface area (Å²) in [6, 6.07) is 6.42. The first kappa shape index (κ1) is 19.7. The number of benzene rings is 1. The number of aliphatic hydroxyl groups excluding tert-OH is 1. The molecule has 140 valence electrons. The quantitative estimate of drug-likeness (QED) is 0.601. The third-order valence-electron chi connectivity index (χ3n) is 5.10. The van der Waals surface area contributed by atoms with E-state index >= 15 is 0 Å². The second kappa shape index (κ2) is 10.4. The van der Waals surface area contributed by atoms with Crippen LogP contribution >= 0.6 is 0 Å². The van der Waals surface area contributed by atoms with Crippen LogP contribution in [0.4, 0.5) is 10.5 Å². The highest BCUT2D eigenvalue weighted by Crippen LogP contribution is 2.22. The van der Waals surface area contributed by atoms with Gasteiger partial charge in [0.25, 0.3) is 0 Å². The average Bonchev–Trinajstić information content (AvgIpc) is 3.09. The zero-order valence-electron chi connectivity index (χ0n) is 15.7. The van der Waals surface area contributed by atoms with Gasteiger partial charge in [0.15, 0.2) is 0 Å². The number of nitrogens with one attached hydrogen (secondary N) is 2. The van der Waals surface area contributed by atoms with E-state index in [9.17, 15) is 9.90 Å². The summed E-state index contributed by atoms with van der Waals surface area (Å²) in [6.07, 6.45) is 6.10. The SMILES string of the molecule is CCc1cccc(CC)c1NC(=O)NCCCCN1CCC[C@@H]1CO. The van der Waals surface area contributed by atoms with Crippen LogP contribution in [0.1, 0.15) is 50.7 Å². The normalized spacial score (nSPS) is 17.6. The number of aliphatic hydroxyl groups is 1. The Morgan fingerprint density at radius 1 is 1.24 bits per heavy atom. The monoisotopic (exact) mass is 347 g/mol. The Balaban J connectivity index is 1.71. The number of para-hydroxylation sites is 1. The van der Waals surface area contributed by atoms with Crippen LogP contribution in [0.15, 0.2) is 18.2 Å². The second-order valence-corrected chi connectivity index (χ2v) is 6.76. The highest BCUT2D eigenvalue weighted by molar-refractivity contribution is 5.91. The lowest BCUT2D eigenvalue weighted by molar-refractivity contribution is 0.157. The van der Waals surface area contributed by atoms with Gasteiger partial charge in [0.2, 0.25) is 0 Å². The molecule has 5 nitrogen and oxygen atoms in total. The number of amides is 2. The number of hydrogen-bond acceptors (Lipinski definition) is 3. The molecule has 0 spiro atoms. The fourth-order valence-corrected chi connectivity index (χ4v) is 3.60. The Kier molecular flexibility index (Phi) is 8.22. The lowest BCUT2D eigenvalue weighted by Crippen LogP contribution is -2.34. The van der Waals surface area contributed by atoms with Crippen molar-refractivity contribution in [1.82, 2.24) is 10.2 Å². The van der Waals surface area contributed by atoms with E-state index in [4.69, 9.17) is 0 Å². The summed E-state index contributed by atoms with van der Waals surface area (Å²) in [4.78, 5) is 14.6. The van der Waals surface area contributed by atoms with Crippen molar-refractivity contribution in [2.45, 2.75) is 58.4 Å². The largest absolute Gasteiger partial charge is 0.395 e. The molecule has 0 aromatic heterocycles. The molecule has 1 aliphatic rings. The topological polar surface area (TPSA) is 64.6 Å². The van der Waals surface area contributed by atoms with Crippen molar-refractivity contribution >= 4 is 11.7 Å². The molecule has 3 N–H and O–H groups in total. The molecule has 1 saturated heterocycles. The third-order valence-corrected chi connectivity index (χ3v) is 5.10. The Bertz CT molecular complexity index is 525. The van der Waals surface area contributed by atoms with Gasteiger partial charge < -0.3 is 15.7 Å². The zero-order valence-corrected chi connectivity index (χ0v) is 15.7. The van der Waals surface area contributed by atoms with E-state index in [0.29, 0.717) is 12.6 Å². The van der Waals surface area contributed by atoms with Crippen LogP contribution in [0.25, 0.3) is 0 Å². The molecule has 0 aliphatic carbocycles. The van der Waals surface area contributed by atoms with E-state index in [-0.39, 0.29) is 12.6 Å². The molecule has 1 aromatic rings. The number of hydrogen-bond donors (Lipinski definition) is 3. The predicted molar refractivity (Wildman–Crippen MR) is 103 cm³/mol. The summed E-state index contributed by atoms with van der Waals surface area (Å²) in [5.74, 6) is 0. The van der Waals surface area contributed by atoms with Crippen molar-refractivity contribution in [1.29, 1.82) is 0 Å². The molecule has 0 unspecified atom stereocenters. The van der Waals surface area contributed by atoms with E-state index < -0.39 is 0 Å². The summed E-state index contributed by atoms with van der Waals surface area (Å²) >= 11 is 0. The number of nitrogens with zero attached hydrogens (tertiary/aromatic N) is 1. The smallest absolute Gasteiger partial charge is 0.319 e. The highest BCUT2D eigenvalue weighted by atomic mass is 16.3. The molecule has 1 fully saturated rings. The maximum Gasteiger partial charge on any atom is 0.319 e. The number of carbonyl (C=O) groups is 1. The van der Waals surface area contributed by atoms with E-state index in [0.717, 1.165) is 50.9 Å². The van der Waals surface area contributed by atoms with Gasteiger partial charge in [0.1, 0.15) is 0 Å². The fourth-order valence-electron chi connectivity index (χ4n) is 3.60. The van der Waals surface area contributed by atoms with Gasteiger partial charge in [-0.2, -0.15) is 0 Å². The average molecular weight is 348 g/mol. The van der Waals surface area contributed by atoms with Crippen molar-refractivity contribution in [3.63, 3.8) is 0 Å². The highest BCUT2D eigenvalue weighted by Gasteiger charge is 2.22. The number of carbonyl (C=O) groups excluding carboxylic acids is 1. The number of likely N-dealkylation sites (tertiary alicyclic amines) is 1. The summed E-state index contributed by atoms with van der Waals surface area (Å²) in [7, 11) is 0. The van der Waals surface area contributed by atoms with Crippen molar-refractivity contribution in [3.8, 4) is 0 Å². The van der Waals surface area contributed by atoms with Crippen molar-refractivity contribution in [2.75, 3.05) is 31.6 Å². The number of rotatable bonds is 9. The number of unbranched alkanes of at least 4 members (excludes halogenated alkanes) is 1. The molecule has 1 atom stereocenters. The van der Waals surface area contributed by atoms with E-state index in [1.165, 1.54) is 17.5 Å². The Morgan fingerprint density at radius 3 is 2.60 bits per heavy atom. The summed E-state index contributed by atoms with van der Waals surface area (Å²) in [6.45, 7) is 7.25. The van der Waals surface area contributed by atoms with Gasteiger partial charge in [-0.05, 0) is 62.7 Å². The van der Waals surface area contributed by atoms with E-state index in [1.807, 2.05) is 0 Å². The lowest BCUT2D eigenvalue weighted by atomic mass is 10.0. The summed E-state index contributed by atoms with van der Waals surface area (Å²) in [5, 5.41) is 15.3. The van der Waals surface area contributed by atoms with Gasteiger partial charge in [0, 0.05) is 18.3 Å². The Hall–Kier alpha value is -1.59. The molecule has 0 saturated carbocycles. The molecule has 2 rings (SSSR count). The number of urea groups is 1. The fraction of sp³-hybridized carbons (Fsp3) is 0.650. The lowest BCUT2D eigenvalue weighted by Gasteiger charge is -2.22. The molecule has 1 heterocycles. The van der Waals surface area contributed by atoms with Gasteiger partial charge >= 0.3 is 6.03 Å². The van der Waals surface area contributed by atoms with Crippen LogP contribution < -0.4 is 10.6 Å². The molecule has 0 radical (unpaired) electrons. The van der Waals surface area contributed by atoms with Crippen LogP contribution in [-0.2, 0) is 12.8 Å². The first-order valence-corrected chi connectivity index (χ1v) is 9.70. The Morgan fingerprint density at radius 2 is 1.96 bits per heavy atom. The Labute approximate surface area is 151 Å². The maximum absolute atomic E-state index is 12.2. The van der Waals surface area contributed by atoms with Crippen LogP contribution in [0, 0.1) is 0 Å². The van der Waals surface area contributed by atoms with Gasteiger partial charge in [-0.15, -0.1) is 0 Å². The van der Waals surface area contributed by atoms with Gasteiger partial charge in [-0.3, -0.25) is 4.90 Å². The van der Waals surface area contributed by atoms with Crippen LogP contribution in [-0.4, -0.2) is 48.3 Å². The van der Waals surface area contributed by atoms with E-state index in [1.54, 1.807) is 0 Å². The predicted octanol–water partition coefficient (Wildman–Crippen LogP) is 3.17. The minimum Gasteiger partial charge on any atom is -0.395 e. The molecule has 0 bridgehead atoms. The van der Waals surface area contributed by atoms with Crippen molar-refractivity contribution in [2.24, 2.45) is 0 Å². The molecule has 1 aliphatic heterocycles. The summed E-state index contributed by atoms with van der Waals surface area (Å²) < 4.78 is 0. The van der Waals surface area contributed by atoms with Crippen molar-refractivity contribution in [3.05, 3.63) is 29.3 Å². The molecular weight excluding hydrogens is 314 g/mol. The van der Waals surface area contributed by atoms with Gasteiger partial charge in [-0.25, -0.2) is 4.79 Å². The standard InChI is InChI=1S/C20H33N3O2/c1-3-16-9-7-10-17(4-2)19(16)22-20(25)21-12-5-6-13-23-14-8-11-18(23)15-24/h7,9-10,18,24H,3-6,8,11-15H2,1-2H3,(H2,21,22,25)/t18-/m1/s1. The maximum atomic E-state index is 12.2. The van der Waals surface area contributed by atoms with E-state index in [2.05, 4.69) is 47.6 Å². The molecular formula is C20H33N3O2. The first-order chi connectivity index (χ1) is 12.2. The van der Waals surface area contributed by atoms with Gasteiger partial charge in [-0.1, -0.05) is 32.0 Å².